The Kier molecular flexibility index (Phi) is 9.24. The highest BCUT2D eigenvalue weighted by molar-refractivity contribution is 7.99. The van der Waals surface area contributed by atoms with E-state index in [1.165, 1.54) is 10.5 Å². The summed E-state index contributed by atoms with van der Waals surface area (Å²) in [6, 6.07) is 16.2. The average molecular weight is 509 g/mol. The summed E-state index contributed by atoms with van der Waals surface area (Å²) < 4.78 is 5.36. The van der Waals surface area contributed by atoms with Crippen molar-refractivity contribution in [3.05, 3.63) is 65.9 Å². The number of aliphatic carboxylic acids is 1. The van der Waals surface area contributed by atoms with Gasteiger partial charge in [0.05, 0.1) is 18.7 Å². The molecule has 1 aliphatic rings. The van der Waals surface area contributed by atoms with E-state index in [0.717, 1.165) is 60.4 Å². The zero-order valence-corrected chi connectivity index (χ0v) is 21.9. The number of carboxylic acids is 1. The summed E-state index contributed by atoms with van der Waals surface area (Å²) in [6.07, 6.45) is 3.65. The zero-order valence-electron chi connectivity index (χ0n) is 21.1. The van der Waals surface area contributed by atoms with Gasteiger partial charge in [-0.2, -0.15) is 0 Å². The van der Waals surface area contributed by atoms with E-state index in [9.17, 15) is 15.0 Å². The number of likely N-dealkylation sites (tertiary alicyclic amines) is 1. The van der Waals surface area contributed by atoms with Crippen LogP contribution in [0.3, 0.4) is 0 Å². The molecule has 3 atom stereocenters. The van der Waals surface area contributed by atoms with Gasteiger partial charge < -0.3 is 19.8 Å². The van der Waals surface area contributed by atoms with E-state index in [-0.39, 0.29) is 12.3 Å². The van der Waals surface area contributed by atoms with Gasteiger partial charge in [-0.15, -0.1) is 11.8 Å². The first kappa shape index (κ1) is 26.5. The fourth-order valence-corrected chi connectivity index (χ4v) is 6.13. The average Bonchev–Trinajstić information content (AvgIpc) is 2.88. The van der Waals surface area contributed by atoms with Crippen molar-refractivity contribution in [1.82, 2.24) is 9.88 Å². The van der Waals surface area contributed by atoms with Crippen LogP contribution in [-0.4, -0.2) is 58.6 Å². The molecule has 2 aromatic carbocycles. The molecule has 4 rings (SSSR count). The first-order valence-corrected chi connectivity index (χ1v) is 13.7. The summed E-state index contributed by atoms with van der Waals surface area (Å²) in [7, 11) is 1.63. The number of hydrogen-bond acceptors (Lipinski definition) is 6. The van der Waals surface area contributed by atoms with E-state index >= 15 is 0 Å². The number of aliphatic hydroxyl groups is 1. The van der Waals surface area contributed by atoms with Crippen LogP contribution in [0.5, 0.6) is 5.75 Å². The number of ether oxygens (including phenoxy) is 1. The highest BCUT2D eigenvalue weighted by atomic mass is 32.2. The number of piperidine rings is 1. The number of benzene rings is 2. The molecule has 1 aromatic heterocycles. The molecule has 1 aliphatic heterocycles. The summed E-state index contributed by atoms with van der Waals surface area (Å²) >= 11 is 1.85. The molecular formula is C29H36N2O4S. The van der Waals surface area contributed by atoms with Gasteiger partial charge in [-0.3, -0.25) is 9.78 Å². The Morgan fingerprint density at radius 2 is 2.00 bits per heavy atom. The number of aliphatic hydroxyl groups excluding tert-OH is 1. The van der Waals surface area contributed by atoms with Gasteiger partial charge in [-0.25, -0.2) is 0 Å². The van der Waals surface area contributed by atoms with E-state index in [0.29, 0.717) is 12.3 Å². The molecule has 0 spiro atoms. The lowest BCUT2D eigenvalue weighted by Gasteiger charge is -2.38. The number of carbonyl (C=O) groups is 1. The summed E-state index contributed by atoms with van der Waals surface area (Å²) in [6.45, 7) is 4.82. The predicted octanol–water partition coefficient (Wildman–Crippen LogP) is 5.57. The molecule has 7 heteroatoms. The molecule has 3 aromatic rings. The highest BCUT2D eigenvalue weighted by Gasteiger charge is 2.31. The number of rotatable bonds is 11. The maximum atomic E-state index is 11.6. The number of methoxy groups -OCH3 is 1. The minimum absolute atomic E-state index is 0.0992. The minimum Gasteiger partial charge on any atom is -0.497 e. The molecule has 0 aliphatic carbocycles. The van der Waals surface area contributed by atoms with E-state index in [4.69, 9.17) is 4.74 Å². The molecule has 1 fully saturated rings. The quantitative estimate of drug-likeness (QED) is 0.328. The molecule has 0 amide bonds. The second-order valence-corrected chi connectivity index (χ2v) is 10.9. The van der Waals surface area contributed by atoms with Gasteiger partial charge in [0.2, 0.25) is 0 Å². The standard InChI is InChI=1S/C29H36N2O4S/c1-20-3-7-24(8-4-20)36-16-15-31-14-12-21(22(19-31)17-29(33)34)5-10-28(32)25-11-13-30-27-9-6-23(35-2)18-26(25)27/h3-4,6-9,11,13,18,21-22,28,32H,5,10,12,14-17,19H2,1-2H3,(H,33,34)/t21-,22+,28?/m1/s1. The van der Waals surface area contributed by atoms with Crippen LogP contribution >= 0.6 is 11.8 Å². The molecule has 1 saturated heterocycles. The molecule has 2 heterocycles. The predicted molar refractivity (Wildman–Crippen MR) is 145 cm³/mol. The summed E-state index contributed by atoms with van der Waals surface area (Å²) in [4.78, 5) is 19.7. The smallest absolute Gasteiger partial charge is 0.303 e. The highest BCUT2D eigenvalue weighted by Crippen LogP contribution is 2.35. The van der Waals surface area contributed by atoms with Crippen LogP contribution < -0.4 is 4.74 Å². The largest absolute Gasteiger partial charge is 0.497 e. The van der Waals surface area contributed by atoms with Gasteiger partial charge in [0.15, 0.2) is 0 Å². The molecule has 192 valence electrons. The number of fused-ring (bicyclic) bond motifs is 1. The third-order valence-electron chi connectivity index (χ3n) is 7.26. The number of pyridine rings is 1. The Morgan fingerprint density at radius 1 is 1.19 bits per heavy atom. The number of nitrogens with zero attached hydrogens (tertiary/aromatic N) is 2. The van der Waals surface area contributed by atoms with Crippen LogP contribution in [0.4, 0.5) is 0 Å². The number of aryl methyl sites for hydroxylation is 1. The van der Waals surface area contributed by atoms with Gasteiger partial charge in [0, 0.05) is 41.7 Å². The van der Waals surface area contributed by atoms with Crippen molar-refractivity contribution < 1.29 is 19.7 Å². The van der Waals surface area contributed by atoms with E-state index < -0.39 is 12.1 Å². The van der Waals surface area contributed by atoms with Crippen molar-refractivity contribution >= 4 is 28.6 Å². The second-order valence-electron chi connectivity index (χ2n) is 9.75. The first-order chi connectivity index (χ1) is 17.4. The maximum Gasteiger partial charge on any atom is 0.303 e. The van der Waals surface area contributed by atoms with Crippen LogP contribution in [0.25, 0.3) is 10.9 Å². The van der Waals surface area contributed by atoms with Gasteiger partial charge in [-0.1, -0.05) is 17.7 Å². The maximum absolute atomic E-state index is 11.6. The number of thioether (sulfide) groups is 1. The van der Waals surface area contributed by atoms with Crippen molar-refractivity contribution in [2.45, 2.75) is 43.6 Å². The van der Waals surface area contributed by atoms with E-state index in [1.807, 2.05) is 36.0 Å². The van der Waals surface area contributed by atoms with Crippen LogP contribution in [0, 0.1) is 18.8 Å². The van der Waals surface area contributed by atoms with Crippen LogP contribution in [0.15, 0.2) is 59.6 Å². The number of hydrogen-bond donors (Lipinski definition) is 2. The third kappa shape index (κ3) is 6.99. The Balaban J connectivity index is 1.34. The topological polar surface area (TPSA) is 82.9 Å². The molecule has 0 saturated carbocycles. The molecule has 0 bridgehead atoms. The number of aromatic nitrogens is 1. The van der Waals surface area contributed by atoms with Crippen LogP contribution in [0.2, 0.25) is 0 Å². The van der Waals surface area contributed by atoms with Crippen molar-refractivity contribution in [3.8, 4) is 5.75 Å². The molecule has 1 unspecified atom stereocenters. The minimum atomic E-state index is -0.742. The van der Waals surface area contributed by atoms with Gasteiger partial charge in [0.1, 0.15) is 5.75 Å². The summed E-state index contributed by atoms with van der Waals surface area (Å²) in [5.41, 5.74) is 2.94. The van der Waals surface area contributed by atoms with E-state index in [2.05, 4.69) is 41.1 Å². The van der Waals surface area contributed by atoms with Crippen molar-refractivity contribution in [1.29, 1.82) is 0 Å². The zero-order chi connectivity index (χ0) is 25.5. The van der Waals surface area contributed by atoms with Gasteiger partial charge >= 0.3 is 5.97 Å². The third-order valence-corrected chi connectivity index (χ3v) is 8.25. The summed E-state index contributed by atoms with van der Waals surface area (Å²) in [5.74, 6) is 1.37. The van der Waals surface area contributed by atoms with Gasteiger partial charge in [-0.05, 0) is 86.5 Å². The molecule has 6 nitrogen and oxygen atoms in total. The Hall–Kier alpha value is -2.61. The summed E-state index contributed by atoms with van der Waals surface area (Å²) in [5, 5.41) is 21.5. The van der Waals surface area contributed by atoms with Crippen molar-refractivity contribution in [3.63, 3.8) is 0 Å². The molecule has 0 radical (unpaired) electrons. The van der Waals surface area contributed by atoms with Crippen LogP contribution in [-0.2, 0) is 4.79 Å². The lowest BCUT2D eigenvalue weighted by atomic mass is 9.79. The normalized spacial score (nSPS) is 19.3. The van der Waals surface area contributed by atoms with Crippen molar-refractivity contribution in [2.24, 2.45) is 11.8 Å². The Labute approximate surface area is 217 Å². The lowest BCUT2D eigenvalue weighted by Crippen LogP contribution is -2.42. The van der Waals surface area contributed by atoms with Crippen LogP contribution in [0.1, 0.15) is 42.9 Å². The monoisotopic (exact) mass is 508 g/mol. The fraction of sp³-hybridized carbons (Fsp3) is 0.448. The molecule has 36 heavy (non-hydrogen) atoms. The second kappa shape index (κ2) is 12.6. The SMILES string of the molecule is COc1ccc2nccc(C(O)CC[C@@H]3CCN(CCSc4ccc(C)cc4)C[C@@H]3CC(=O)O)c2c1. The van der Waals surface area contributed by atoms with Crippen molar-refractivity contribution in [2.75, 3.05) is 32.5 Å². The fourth-order valence-electron chi connectivity index (χ4n) is 5.21. The van der Waals surface area contributed by atoms with E-state index in [1.54, 1.807) is 13.3 Å². The molecule has 2 N–H and O–H groups in total. The van der Waals surface area contributed by atoms with Gasteiger partial charge in [0.25, 0.3) is 0 Å². The first-order valence-electron chi connectivity index (χ1n) is 12.7. The Bertz CT molecular complexity index is 1150. The number of carboxylic acid groups (broad SMARTS) is 1. The lowest BCUT2D eigenvalue weighted by molar-refractivity contribution is -0.139. The Morgan fingerprint density at radius 3 is 2.75 bits per heavy atom. The molecular weight excluding hydrogens is 472 g/mol.